The zero-order valence-corrected chi connectivity index (χ0v) is 17.0. The minimum atomic E-state index is -0.636. The molecule has 2 aliphatic heterocycles. The predicted molar refractivity (Wildman–Crippen MR) is 127 cm³/mol. The van der Waals surface area contributed by atoms with E-state index < -0.39 is 11.6 Å². The zero-order valence-electron chi connectivity index (χ0n) is 17.0. The molecule has 1 atom stereocenters. The van der Waals surface area contributed by atoms with E-state index in [1.807, 2.05) is 36.4 Å². The Morgan fingerprint density at radius 2 is 1.64 bits per heavy atom. The fourth-order valence-electron chi connectivity index (χ4n) is 4.03. The molecule has 3 aromatic carbocycles. The normalized spacial score (nSPS) is 16.9. The van der Waals surface area contributed by atoms with Crippen LogP contribution < -0.4 is 16.0 Å². The molecular formula is C26H24F2N4O. The first-order valence-corrected chi connectivity index (χ1v) is 10.3. The Morgan fingerprint density at radius 3 is 2.33 bits per heavy atom. The Balaban J connectivity index is 0.00000259. The molecular weight excluding hydrogens is 422 g/mol. The van der Waals surface area contributed by atoms with E-state index in [4.69, 9.17) is 0 Å². The second kappa shape index (κ2) is 9.34. The molecule has 0 radical (unpaired) electrons. The first-order chi connectivity index (χ1) is 15.6. The third-order valence-corrected chi connectivity index (χ3v) is 5.60. The van der Waals surface area contributed by atoms with E-state index >= 15 is 0 Å². The number of aliphatic imine (C=N–C) groups is 1. The molecule has 0 fully saturated rings. The van der Waals surface area contributed by atoms with E-state index in [0.717, 1.165) is 28.8 Å². The molecule has 0 aliphatic carbocycles. The number of rotatable bonds is 4. The van der Waals surface area contributed by atoms with Gasteiger partial charge in [0.25, 0.3) is 0 Å². The molecule has 0 bridgehead atoms. The van der Waals surface area contributed by atoms with Crippen LogP contribution in [0.5, 0.6) is 0 Å². The van der Waals surface area contributed by atoms with Gasteiger partial charge in [-0.05, 0) is 42.0 Å². The molecule has 5 nitrogen and oxygen atoms in total. The molecule has 5 rings (SSSR count). The Bertz CT molecular complexity index is 1230. The van der Waals surface area contributed by atoms with Crippen molar-refractivity contribution in [3.05, 3.63) is 106 Å². The number of hydrogen-bond acceptors (Lipinski definition) is 5. The van der Waals surface area contributed by atoms with E-state index in [0.29, 0.717) is 29.9 Å². The summed E-state index contributed by atoms with van der Waals surface area (Å²) in [5.41, 5.74) is 5.04. The zero-order chi connectivity index (χ0) is 22.1. The lowest BCUT2D eigenvalue weighted by atomic mass is 9.94. The highest BCUT2D eigenvalue weighted by molar-refractivity contribution is 6.16. The largest absolute Gasteiger partial charge is 0.353 e. The maximum Gasteiger partial charge on any atom is 0.153 e. The standard InChI is InChI=1S/C25H20F2N4O.CH4/c26-20-6-3-7-21(27)22(20)24-19-5-2-1-4-18(19)23-16(12-28-24)13-29-25(31-23)30-17-10-8-15(14-32)9-11-17;/h1-11,14,25,29-31H,12-13H2;1H4. The van der Waals surface area contributed by atoms with Crippen molar-refractivity contribution in [2.24, 2.45) is 4.99 Å². The maximum absolute atomic E-state index is 14.6. The van der Waals surface area contributed by atoms with E-state index in [1.165, 1.54) is 18.2 Å². The van der Waals surface area contributed by atoms with Crippen molar-refractivity contribution in [1.82, 2.24) is 10.6 Å². The molecule has 2 heterocycles. The van der Waals surface area contributed by atoms with Gasteiger partial charge in [-0.15, -0.1) is 0 Å². The number of nitrogens with zero attached hydrogens (tertiary/aromatic N) is 1. The van der Waals surface area contributed by atoms with Gasteiger partial charge in [-0.2, -0.15) is 0 Å². The SMILES string of the molecule is C.O=Cc1ccc(NC2NCC3=C(N2)c2ccccc2C(c2c(F)cccc2F)=NC3)cc1. The van der Waals surface area contributed by atoms with Gasteiger partial charge in [0.15, 0.2) is 6.29 Å². The van der Waals surface area contributed by atoms with E-state index in [1.54, 1.807) is 12.1 Å². The summed E-state index contributed by atoms with van der Waals surface area (Å²) in [6.07, 6.45) is 0.520. The van der Waals surface area contributed by atoms with Crippen LogP contribution in [-0.2, 0) is 0 Å². The highest BCUT2D eigenvalue weighted by atomic mass is 19.1. The van der Waals surface area contributed by atoms with Crippen LogP contribution in [-0.4, -0.2) is 31.4 Å². The monoisotopic (exact) mass is 446 g/mol. The van der Waals surface area contributed by atoms with E-state index in [9.17, 15) is 13.6 Å². The molecule has 0 amide bonds. The highest BCUT2D eigenvalue weighted by Crippen LogP contribution is 2.30. The lowest BCUT2D eigenvalue weighted by Crippen LogP contribution is -2.52. The number of fused-ring (bicyclic) bond motifs is 2. The number of carbonyl (C=O) groups excluding carboxylic acids is 1. The summed E-state index contributed by atoms with van der Waals surface area (Å²) in [5, 5.41) is 10.2. The smallest absolute Gasteiger partial charge is 0.153 e. The molecule has 3 aromatic rings. The molecule has 0 saturated carbocycles. The Morgan fingerprint density at radius 1 is 0.939 bits per heavy atom. The van der Waals surface area contributed by atoms with Crippen LogP contribution in [0, 0.1) is 11.6 Å². The van der Waals surface area contributed by atoms with Crippen LogP contribution in [0.2, 0.25) is 0 Å². The molecule has 1 unspecified atom stereocenters. The quantitative estimate of drug-likeness (QED) is 0.514. The first kappa shape index (κ1) is 22.4. The summed E-state index contributed by atoms with van der Waals surface area (Å²) in [5.74, 6) is -1.27. The number of anilines is 1. The van der Waals surface area contributed by atoms with Crippen LogP contribution in [0.4, 0.5) is 14.5 Å². The molecule has 0 spiro atoms. The number of hydrogen-bond donors (Lipinski definition) is 3. The minimum Gasteiger partial charge on any atom is -0.353 e. The van der Waals surface area contributed by atoms with Gasteiger partial charge in [0, 0.05) is 34.6 Å². The average molecular weight is 447 g/mol. The van der Waals surface area contributed by atoms with Crippen molar-refractivity contribution >= 4 is 23.4 Å². The van der Waals surface area contributed by atoms with Crippen LogP contribution >= 0.6 is 0 Å². The Kier molecular flexibility index (Phi) is 6.33. The highest BCUT2D eigenvalue weighted by Gasteiger charge is 2.28. The summed E-state index contributed by atoms with van der Waals surface area (Å²) < 4.78 is 29.2. The van der Waals surface area contributed by atoms with Crippen molar-refractivity contribution in [1.29, 1.82) is 0 Å². The van der Waals surface area contributed by atoms with E-state index in [2.05, 4.69) is 20.9 Å². The molecule has 3 N–H and O–H groups in total. The molecule has 33 heavy (non-hydrogen) atoms. The van der Waals surface area contributed by atoms with Crippen molar-refractivity contribution < 1.29 is 13.6 Å². The van der Waals surface area contributed by atoms with Gasteiger partial charge >= 0.3 is 0 Å². The Hall–Kier alpha value is -3.84. The first-order valence-electron chi connectivity index (χ1n) is 10.3. The number of benzene rings is 3. The van der Waals surface area contributed by atoms with Crippen molar-refractivity contribution in [2.45, 2.75) is 13.7 Å². The van der Waals surface area contributed by atoms with E-state index in [-0.39, 0.29) is 19.3 Å². The number of halogens is 2. The molecule has 7 heteroatoms. The van der Waals surface area contributed by atoms with Gasteiger partial charge in [-0.25, -0.2) is 8.78 Å². The summed E-state index contributed by atoms with van der Waals surface area (Å²) in [4.78, 5) is 15.5. The Labute approximate surface area is 191 Å². The van der Waals surface area contributed by atoms with Crippen LogP contribution in [0.15, 0.2) is 77.3 Å². The van der Waals surface area contributed by atoms with Gasteiger partial charge < -0.3 is 10.6 Å². The third-order valence-electron chi connectivity index (χ3n) is 5.60. The van der Waals surface area contributed by atoms with Crippen LogP contribution in [0.25, 0.3) is 5.70 Å². The number of carbonyl (C=O) groups is 1. The third kappa shape index (κ3) is 4.27. The van der Waals surface area contributed by atoms with Crippen LogP contribution in [0.1, 0.15) is 34.5 Å². The molecule has 168 valence electrons. The summed E-state index contributed by atoms with van der Waals surface area (Å²) in [7, 11) is 0. The van der Waals surface area contributed by atoms with Gasteiger partial charge in [0.1, 0.15) is 17.9 Å². The second-order valence-electron chi connectivity index (χ2n) is 7.63. The number of aldehydes is 1. The summed E-state index contributed by atoms with van der Waals surface area (Å²) in [6, 6.07) is 18.5. The summed E-state index contributed by atoms with van der Waals surface area (Å²) in [6.45, 7) is 0.866. The van der Waals surface area contributed by atoms with Crippen molar-refractivity contribution in [2.75, 3.05) is 18.4 Å². The molecule has 0 aromatic heterocycles. The molecule has 2 aliphatic rings. The van der Waals surface area contributed by atoms with Crippen molar-refractivity contribution in [3.8, 4) is 0 Å². The summed E-state index contributed by atoms with van der Waals surface area (Å²) >= 11 is 0. The fourth-order valence-corrected chi connectivity index (χ4v) is 4.03. The minimum absolute atomic E-state index is 0. The topological polar surface area (TPSA) is 65.5 Å². The lowest BCUT2D eigenvalue weighted by molar-refractivity contribution is 0.112. The molecule has 0 saturated heterocycles. The second-order valence-corrected chi connectivity index (χ2v) is 7.63. The van der Waals surface area contributed by atoms with Crippen LogP contribution in [0.3, 0.4) is 0 Å². The predicted octanol–water partition coefficient (Wildman–Crippen LogP) is 4.56. The average Bonchev–Trinajstić information content (AvgIpc) is 2.97. The van der Waals surface area contributed by atoms with Crippen molar-refractivity contribution in [3.63, 3.8) is 0 Å². The number of nitrogens with one attached hydrogen (secondary N) is 3. The lowest BCUT2D eigenvalue weighted by Gasteiger charge is -2.31. The fraction of sp³-hybridized carbons (Fsp3) is 0.154. The van der Waals surface area contributed by atoms with Gasteiger partial charge in [-0.3, -0.25) is 15.1 Å². The van der Waals surface area contributed by atoms with Gasteiger partial charge in [0.05, 0.1) is 17.8 Å². The maximum atomic E-state index is 14.6. The van der Waals surface area contributed by atoms with Gasteiger partial charge in [-0.1, -0.05) is 37.8 Å². The van der Waals surface area contributed by atoms with Gasteiger partial charge in [0.2, 0.25) is 0 Å².